The van der Waals surface area contributed by atoms with Crippen molar-refractivity contribution in [2.75, 3.05) is 12.4 Å². The highest BCUT2D eigenvalue weighted by atomic mass is 35.5. The lowest BCUT2D eigenvalue weighted by Crippen LogP contribution is -2.12. The first-order valence-electron chi connectivity index (χ1n) is 5.25. The van der Waals surface area contributed by atoms with Crippen LogP contribution in [0.4, 0.5) is 5.69 Å². The Morgan fingerprint density at radius 3 is 2.74 bits per heavy atom. The van der Waals surface area contributed by atoms with Gasteiger partial charge in [-0.15, -0.1) is 12.4 Å². The van der Waals surface area contributed by atoms with Crippen LogP contribution in [-0.4, -0.2) is 18.0 Å². The number of anilines is 1. The predicted molar refractivity (Wildman–Crippen MR) is 77.4 cm³/mol. The summed E-state index contributed by atoms with van der Waals surface area (Å²) in [5.74, 6) is 0.384. The van der Waals surface area contributed by atoms with Gasteiger partial charge in [0.25, 0.3) is 5.91 Å². The number of amides is 1. The molecule has 1 amide bonds. The fourth-order valence-corrected chi connectivity index (χ4v) is 1.63. The molecule has 100 valence electrons. The Hall–Kier alpha value is -1.78. The topological polar surface area (TPSA) is 51.2 Å². The van der Waals surface area contributed by atoms with E-state index in [4.69, 9.17) is 16.3 Å². The van der Waals surface area contributed by atoms with Gasteiger partial charge in [-0.3, -0.25) is 9.78 Å². The van der Waals surface area contributed by atoms with Crippen LogP contribution in [0.5, 0.6) is 5.75 Å². The molecule has 0 bridgehead atoms. The van der Waals surface area contributed by atoms with Crippen LogP contribution in [0.1, 0.15) is 10.4 Å². The molecule has 1 aromatic carbocycles. The third kappa shape index (κ3) is 3.84. The number of ether oxygens (including phenoxy) is 1. The van der Waals surface area contributed by atoms with Crippen LogP contribution < -0.4 is 10.1 Å². The summed E-state index contributed by atoms with van der Waals surface area (Å²) in [6, 6.07) is 8.44. The van der Waals surface area contributed by atoms with Crippen molar-refractivity contribution in [3.8, 4) is 5.75 Å². The lowest BCUT2D eigenvalue weighted by atomic mass is 10.2. The highest BCUT2D eigenvalue weighted by Crippen LogP contribution is 2.26. The van der Waals surface area contributed by atoms with E-state index in [0.29, 0.717) is 22.0 Å². The van der Waals surface area contributed by atoms with E-state index >= 15 is 0 Å². The third-order valence-corrected chi connectivity index (χ3v) is 2.66. The lowest BCUT2D eigenvalue weighted by molar-refractivity contribution is 0.102. The van der Waals surface area contributed by atoms with Crippen molar-refractivity contribution in [2.24, 2.45) is 0 Å². The Kier molecular flexibility index (Phi) is 5.60. The maximum absolute atomic E-state index is 11.9. The first-order chi connectivity index (χ1) is 8.70. The largest absolute Gasteiger partial charge is 0.497 e. The number of rotatable bonds is 3. The van der Waals surface area contributed by atoms with Gasteiger partial charge >= 0.3 is 0 Å². The molecule has 0 fully saturated rings. The molecule has 1 aromatic heterocycles. The summed E-state index contributed by atoms with van der Waals surface area (Å²) < 4.78 is 5.03. The molecule has 0 atom stereocenters. The fourth-order valence-electron chi connectivity index (χ4n) is 1.42. The number of hydrogen-bond acceptors (Lipinski definition) is 3. The molecule has 0 saturated carbocycles. The zero-order valence-electron chi connectivity index (χ0n) is 10.1. The minimum absolute atomic E-state index is 0. The number of carbonyl (C=O) groups excluding carboxylic acids is 1. The van der Waals surface area contributed by atoms with Gasteiger partial charge in [0.2, 0.25) is 0 Å². The van der Waals surface area contributed by atoms with E-state index in [-0.39, 0.29) is 18.3 Å². The number of methoxy groups -OCH3 is 1. The molecule has 1 heterocycles. The van der Waals surface area contributed by atoms with Crippen molar-refractivity contribution in [3.63, 3.8) is 0 Å². The molecule has 0 aliphatic rings. The highest BCUT2D eigenvalue weighted by Gasteiger charge is 2.08. The SMILES string of the molecule is COc1ccc(NC(=O)c2cccnc2)c(Cl)c1.Cl. The molecule has 6 heteroatoms. The van der Waals surface area contributed by atoms with Crippen LogP contribution in [0.2, 0.25) is 5.02 Å². The van der Waals surface area contributed by atoms with Gasteiger partial charge < -0.3 is 10.1 Å². The van der Waals surface area contributed by atoms with Crippen molar-refractivity contribution in [3.05, 3.63) is 53.3 Å². The molecule has 0 spiro atoms. The van der Waals surface area contributed by atoms with Crippen molar-refractivity contribution in [2.45, 2.75) is 0 Å². The van der Waals surface area contributed by atoms with E-state index in [1.165, 1.54) is 6.20 Å². The van der Waals surface area contributed by atoms with E-state index < -0.39 is 0 Å². The van der Waals surface area contributed by atoms with Gasteiger partial charge in [-0.1, -0.05) is 11.6 Å². The Morgan fingerprint density at radius 2 is 2.16 bits per heavy atom. The van der Waals surface area contributed by atoms with Crippen molar-refractivity contribution in [1.29, 1.82) is 0 Å². The van der Waals surface area contributed by atoms with Gasteiger partial charge in [0.15, 0.2) is 0 Å². The molecule has 0 radical (unpaired) electrons. The smallest absolute Gasteiger partial charge is 0.257 e. The maximum Gasteiger partial charge on any atom is 0.257 e. The molecular weight excluding hydrogens is 287 g/mol. The molecule has 1 N–H and O–H groups in total. The van der Waals surface area contributed by atoms with Crippen molar-refractivity contribution < 1.29 is 9.53 Å². The third-order valence-electron chi connectivity index (χ3n) is 2.35. The summed E-state index contributed by atoms with van der Waals surface area (Å²) in [5, 5.41) is 3.13. The number of benzene rings is 1. The summed E-state index contributed by atoms with van der Waals surface area (Å²) in [7, 11) is 1.56. The number of nitrogens with zero attached hydrogens (tertiary/aromatic N) is 1. The summed E-state index contributed by atoms with van der Waals surface area (Å²) in [6.45, 7) is 0. The van der Waals surface area contributed by atoms with Crippen LogP contribution in [0.3, 0.4) is 0 Å². The number of aromatic nitrogens is 1. The first-order valence-corrected chi connectivity index (χ1v) is 5.63. The van der Waals surface area contributed by atoms with E-state index in [1.807, 2.05) is 0 Å². The summed E-state index contributed by atoms with van der Waals surface area (Å²) >= 11 is 6.03. The highest BCUT2D eigenvalue weighted by molar-refractivity contribution is 6.34. The van der Waals surface area contributed by atoms with E-state index in [0.717, 1.165) is 0 Å². The number of hydrogen-bond donors (Lipinski definition) is 1. The number of halogens is 2. The van der Waals surface area contributed by atoms with E-state index in [2.05, 4.69) is 10.3 Å². The van der Waals surface area contributed by atoms with Crippen LogP contribution in [0.15, 0.2) is 42.7 Å². The fraction of sp³-hybridized carbons (Fsp3) is 0.0769. The van der Waals surface area contributed by atoms with Crippen molar-refractivity contribution in [1.82, 2.24) is 4.98 Å². The van der Waals surface area contributed by atoms with Crippen LogP contribution in [-0.2, 0) is 0 Å². The quantitative estimate of drug-likeness (QED) is 0.944. The molecule has 2 rings (SSSR count). The van der Waals surface area contributed by atoms with Crippen LogP contribution >= 0.6 is 24.0 Å². The number of pyridine rings is 1. The molecule has 0 saturated heterocycles. The summed E-state index contributed by atoms with van der Waals surface area (Å²) in [5.41, 5.74) is 1.01. The van der Waals surface area contributed by atoms with Gasteiger partial charge in [-0.05, 0) is 24.3 Å². The van der Waals surface area contributed by atoms with Gasteiger partial charge in [-0.2, -0.15) is 0 Å². The average Bonchev–Trinajstić information content (AvgIpc) is 2.42. The molecule has 4 nitrogen and oxygen atoms in total. The van der Waals surface area contributed by atoms with Crippen LogP contribution in [0.25, 0.3) is 0 Å². The molecule has 0 aliphatic carbocycles. The molecule has 19 heavy (non-hydrogen) atoms. The normalized spacial score (nSPS) is 9.37. The zero-order valence-corrected chi connectivity index (χ0v) is 11.7. The Labute approximate surface area is 122 Å². The van der Waals surface area contributed by atoms with Gasteiger partial charge in [-0.25, -0.2) is 0 Å². The molecule has 0 unspecified atom stereocenters. The van der Waals surface area contributed by atoms with E-state index in [9.17, 15) is 4.79 Å². The van der Waals surface area contributed by atoms with E-state index in [1.54, 1.807) is 43.6 Å². The Morgan fingerprint density at radius 1 is 1.37 bits per heavy atom. The van der Waals surface area contributed by atoms with Gasteiger partial charge in [0.1, 0.15) is 5.75 Å². The Bertz CT molecular complexity index is 562. The summed E-state index contributed by atoms with van der Waals surface area (Å²) in [4.78, 5) is 15.8. The maximum atomic E-state index is 11.9. The zero-order chi connectivity index (χ0) is 13.0. The lowest BCUT2D eigenvalue weighted by Gasteiger charge is -2.08. The Balaban J connectivity index is 0.00000180. The minimum atomic E-state index is -0.254. The standard InChI is InChI=1S/C13H11ClN2O2.ClH/c1-18-10-4-5-12(11(14)7-10)16-13(17)9-3-2-6-15-8-9;/h2-8H,1H3,(H,16,17);1H. The van der Waals surface area contributed by atoms with Gasteiger partial charge in [0.05, 0.1) is 23.4 Å². The summed E-state index contributed by atoms with van der Waals surface area (Å²) in [6.07, 6.45) is 3.10. The second kappa shape index (κ2) is 6.97. The van der Waals surface area contributed by atoms with Crippen molar-refractivity contribution >= 4 is 35.6 Å². The second-order valence-electron chi connectivity index (χ2n) is 3.54. The molecule has 0 aliphatic heterocycles. The predicted octanol–water partition coefficient (Wildman–Crippen LogP) is 3.42. The second-order valence-corrected chi connectivity index (χ2v) is 3.95. The average molecular weight is 299 g/mol. The first kappa shape index (κ1) is 15.3. The number of carbonyl (C=O) groups is 1. The molecular formula is C13H12Cl2N2O2. The van der Waals surface area contributed by atoms with Gasteiger partial charge in [0, 0.05) is 18.5 Å². The minimum Gasteiger partial charge on any atom is -0.497 e. The molecule has 2 aromatic rings. The van der Waals surface area contributed by atoms with Crippen LogP contribution in [0, 0.1) is 0 Å². The number of nitrogens with one attached hydrogen (secondary N) is 1. The monoisotopic (exact) mass is 298 g/mol.